The maximum atomic E-state index is 12.8. The summed E-state index contributed by atoms with van der Waals surface area (Å²) in [5.41, 5.74) is 0. The van der Waals surface area contributed by atoms with Gasteiger partial charge in [0, 0.05) is 19.3 Å². The first-order chi connectivity index (χ1) is 32.1. The fourth-order valence-electron chi connectivity index (χ4n) is 8.24. The van der Waals surface area contributed by atoms with Crippen molar-refractivity contribution in [1.82, 2.24) is 0 Å². The molecule has 0 heterocycles. The van der Waals surface area contributed by atoms with Gasteiger partial charge in [0.15, 0.2) is 6.10 Å². The summed E-state index contributed by atoms with van der Waals surface area (Å²) in [7, 11) is 5.42. The number of ether oxygens (including phenoxy) is 3. The second-order valence-corrected chi connectivity index (χ2v) is 19.8. The number of nitrogens with zero attached hydrogens (tertiary/aromatic N) is 1. The van der Waals surface area contributed by atoms with Gasteiger partial charge in [-0.05, 0) is 51.4 Å². The van der Waals surface area contributed by atoms with Gasteiger partial charge in [-0.15, -0.1) is 0 Å². The molecule has 384 valence electrons. The molecule has 2 atom stereocenters. The Kier molecular flexibility index (Phi) is 46.7. The number of esters is 2. The summed E-state index contributed by atoms with van der Waals surface area (Å²) in [6, 6.07) is -0.727. The van der Waals surface area contributed by atoms with Gasteiger partial charge in [-0.3, -0.25) is 9.59 Å². The molecule has 0 spiro atoms. The molecule has 0 N–H and O–H groups in total. The summed E-state index contributed by atoms with van der Waals surface area (Å²) in [6.07, 6.45) is 60.0. The predicted molar refractivity (Wildman–Crippen MR) is 277 cm³/mol. The number of hydrogen-bond donors (Lipinski definition) is 0. The molecular formula is C58H105NO7. The van der Waals surface area contributed by atoms with Crippen molar-refractivity contribution in [1.29, 1.82) is 0 Å². The van der Waals surface area contributed by atoms with Crippen molar-refractivity contribution in [3.63, 3.8) is 0 Å². The van der Waals surface area contributed by atoms with Crippen molar-refractivity contribution < 1.29 is 38.2 Å². The van der Waals surface area contributed by atoms with E-state index in [1.165, 1.54) is 154 Å². The third-order valence-corrected chi connectivity index (χ3v) is 12.5. The third kappa shape index (κ3) is 46.4. The standard InChI is InChI=1S/C58H105NO7/c1-6-8-10-12-14-16-18-20-22-24-26-27-28-29-31-33-35-37-39-41-43-45-47-49-57(61)66-54(52-64-51-50-55(58(62)63)59(3,4)5)53-65-56(60)48-46-44-42-40-38-36-34-32-30-25-23-21-19-17-15-13-11-9-7-2/h8,10,14,16,20,22,26-27,54-55H,6-7,9,11-13,15,17-19,21,23-25,28-53H2,1-5H3/b10-8-,16-14-,22-20-,27-26-. The zero-order chi connectivity index (χ0) is 48.4. The van der Waals surface area contributed by atoms with Crippen LogP contribution in [-0.4, -0.2) is 75.5 Å². The van der Waals surface area contributed by atoms with Crippen molar-refractivity contribution in [2.75, 3.05) is 41.0 Å². The first-order valence-corrected chi connectivity index (χ1v) is 27.7. The second-order valence-electron chi connectivity index (χ2n) is 19.8. The van der Waals surface area contributed by atoms with Crippen LogP contribution in [-0.2, 0) is 28.6 Å². The average Bonchev–Trinajstić information content (AvgIpc) is 3.28. The van der Waals surface area contributed by atoms with Crippen LogP contribution >= 0.6 is 0 Å². The van der Waals surface area contributed by atoms with E-state index >= 15 is 0 Å². The summed E-state index contributed by atoms with van der Waals surface area (Å²) in [6.45, 7) is 4.59. The largest absolute Gasteiger partial charge is 0.544 e. The van der Waals surface area contributed by atoms with Crippen LogP contribution in [0.1, 0.15) is 251 Å². The van der Waals surface area contributed by atoms with Crippen LogP contribution in [0.5, 0.6) is 0 Å². The quantitative estimate of drug-likeness (QED) is 0.0259. The van der Waals surface area contributed by atoms with E-state index in [0.29, 0.717) is 12.8 Å². The van der Waals surface area contributed by atoms with Crippen molar-refractivity contribution in [3.05, 3.63) is 48.6 Å². The lowest BCUT2D eigenvalue weighted by molar-refractivity contribution is -0.889. The summed E-state index contributed by atoms with van der Waals surface area (Å²) in [5.74, 6) is -1.73. The molecule has 0 aromatic carbocycles. The van der Waals surface area contributed by atoms with E-state index in [4.69, 9.17) is 14.2 Å². The molecule has 2 unspecified atom stereocenters. The first kappa shape index (κ1) is 63.3. The molecular weight excluding hydrogens is 823 g/mol. The zero-order valence-corrected chi connectivity index (χ0v) is 43.9. The minimum atomic E-state index is -1.12. The highest BCUT2D eigenvalue weighted by Crippen LogP contribution is 2.17. The van der Waals surface area contributed by atoms with Gasteiger partial charge in [-0.1, -0.05) is 229 Å². The van der Waals surface area contributed by atoms with E-state index in [0.717, 1.165) is 64.2 Å². The molecule has 8 nitrogen and oxygen atoms in total. The van der Waals surface area contributed by atoms with Gasteiger partial charge in [-0.2, -0.15) is 0 Å². The molecule has 66 heavy (non-hydrogen) atoms. The molecule has 0 fully saturated rings. The molecule has 0 radical (unpaired) electrons. The summed E-state index contributed by atoms with van der Waals surface area (Å²) < 4.78 is 17.3. The minimum absolute atomic E-state index is 0.0413. The Bertz CT molecular complexity index is 1220. The maximum absolute atomic E-state index is 12.8. The van der Waals surface area contributed by atoms with Crippen LogP contribution in [0.3, 0.4) is 0 Å². The minimum Gasteiger partial charge on any atom is -0.544 e. The van der Waals surface area contributed by atoms with Crippen LogP contribution in [0.15, 0.2) is 48.6 Å². The highest BCUT2D eigenvalue weighted by molar-refractivity contribution is 5.70. The number of carboxylic acid groups (broad SMARTS) is 1. The summed E-state index contributed by atoms with van der Waals surface area (Å²) >= 11 is 0. The van der Waals surface area contributed by atoms with E-state index in [2.05, 4.69) is 62.5 Å². The molecule has 0 aliphatic heterocycles. The Morgan fingerprint density at radius 1 is 0.470 bits per heavy atom. The van der Waals surface area contributed by atoms with Crippen LogP contribution in [0.4, 0.5) is 0 Å². The van der Waals surface area contributed by atoms with E-state index in [9.17, 15) is 19.5 Å². The lowest BCUT2D eigenvalue weighted by Crippen LogP contribution is -2.55. The number of carbonyl (C=O) groups excluding carboxylic acids is 3. The highest BCUT2D eigenvalue weighted by atomic mass is 16.6. The van der Waals surface area contributed by atoms with Gasteiger partial charge < -0.3 is 28.6 Å². The van der Waals surface area contributed by atoms with Crippen molar-refractivity contribution in [2.24, 2.45) is 0 Å². The number of allylic oxidation sites excluding steroid dienone is 8. The number of quaternary nitrogens is 1. The van der Waals surface area contributed by atoms with E-state index in [1.807, 2.05) is 21.1 Å². The number of likely N-dealkylation sites (N-methyl/N-ethyl adjacent to an activating group) is 1. The Hall–Kier alpha value is -2.71. The molecule has 0 aromatic rings. The van der Waals surface area contributed by atoms with Gasteiger partial charge in [-0.25, -0.2) is 0 Å². The van der Waals surface area contributed by atoms with Gasteiger partial charge in [0.2, 0.25) is 0 Å². The normalized spacial score (nSPS) is 13.2. The van der Waals surface area contributed by atoms with Gasteiger partial charge >= 0.3 is 11.9 Å². The Morgan fingerprint density at radius 2 is 0.848 bits per heavy atom. The first-order valence-electron chi connectivity index (χ1n) is 27.7. The van der Waals surface area contributed by atoms with Crippen LogP contribution in [0, 0.1) is 0 Å². The van der Waals surface area contributed by atoms with Gasteiger partial charge in [0.25, 0.3) is 0 Å². The number of aliphatic carboxylic acids is 1. The Balaban J connectivity index is 4.18. The molecule has 0 amide bonds. The third-order valence-electron chi connectivity index (χ3n) is 12.5. The molecule has 0 saturated heterocycles. The molecule has 0 saturated carbocycles. The zero-order valence-electron chi connectivity index (χ0n) is 43.9. The van der Waals surface area contributed by atoms with Crippen LogP contribution in [0.2, 0.25) is 0 Å². The predicted octanol–water partition coefficient (Wildman–Crippen LogP) is 15.0. The number of carboxylic acids is 1. The van der Waals surface area contributed by atoms with Crippen molar-refractivity contribution in [3.8, 4) is 0 Å². The highest BCUT2D eigenvalue weighted by Gasteiger charge is 2.25. The maximum Gasteiger partial charge on any atom is 0.306 e. The van der Waals surface area contributed by atoms with Crippen molar-refractivity contribution in [2.45, 2.75) is 264 Å². The molecule has 0 rings (SSSR count). The smallest absolute Gasteiger partial charge is 0.306 e. The number of hydrogen-bond acceptors (Lipinski definition) is 7. The summed E-state index contributed by atoms with van der Waals surface area (Å²) in [4.78, 5) is 37.1. The molecule has 8 heteroatoms. The van der Waals surface area contributed by atoms with Crippen LogP contribution < -0.4 is 5.11 Å². The molecule has 0 aliphatic carbocycles. The SMILES string of the molecule is CC/C=C\C/C=C\C/C=C\C/C=C\CCCCCCCCCCCCC(=O)OC(COCCC(C(=O)[O-])[N+](C)(C)C)COC(=O)CCCCCCCCCCCCCCCCCCCCC. The van der Waals surface area contributed by atoms with Gasteiger partial charge in [0.05, 0.1) is 40.3 Å². The van der Waals surface area contributed by atoms with E-state index < -0.39 is 18.1 Å². The summed E-state index contributed by atoms with van der Waals surface area (Å²) in [5, 5.41) is 11.7. The molecule has 0 aromatic heterocycles. The van der Waals surface area contributed by atoms with Crippen molar-refractivity contribution >= 4 is 17.9 Å². The fourth-order valence-corrected chi connectivity index (χ4v) is 8.24. The Labute approximate surface area is 407 Å². The lowest BCUT2D eigenvalue weighted by atomic mass is 10.0. The fraction of sp³-hybridized carbons (Fsp3) is 0.810. The second kappa shape index (κ2) is 48.7. The Morgan fingerprint density at radius 3 is 1.26 bits per heavy atom. The molecule has 0 bridgehead atoms. The average molecular weight is 928 g/mol. The lowest BCUT2D eigenvalue weighted by Gasteiger charge is -2.34. The molecule has 0 aliphatic rings. The van der Waals surface area contributed by atoms with Gasteiger partial charge in [0.1, 0.15) is 12.6 Å². The van der Waals surface area contributed by atoms with E-state index in [-0.39, 0.29) is 42.7 Å². The topological polar surface area (TPSA) is 102 Å². The number of rotatable bonds is 50. The number of carbonyl (C=O) groups is 3. The number of unbranched alkanes of at least 4 members (excludes halogenated alkanes) is 28. The monoisotopic (exact) mass is 928 g/mol. The van der Waals surface area contributed by atoms with Crippen LogP contribution in [0.25, 0.3) is 0 Å². The van der Waals surface area contributed by atoms with E-state index in [1.54, 1.807) is 0 Å².